The predicted octanol–water partition coefficient (Wildman–Crippen LogP) is 7.18. The van der Waals surface area contributed by atoms with E-state index in [-0.39, 0.29) is 29.1 Å². The van der Waals surface area contributed by atoms with Crippen LogP contribution in [0.2, 0.25) is 10.0 Å². The van der Waals surface area contributed by atoms with Gasteiger partial charge in [0.1, 0.15) is 18.3 Å². The first-order valence-electron chi connectivity index (χ1n) is 15.0. The van der Waals surface area contributed by atoms with Crippen molar-refractivity contribution in [3.8, 4) is 5.75 Å². The highest BCUT2D eigenvalue weighted by atomic mass is 35.5. The van der Waals surface area contributed by atoms with Crippen molar-refractivity contribution in [3.05, 3.63) is 82.3 Å². The Hall–Kier alpha value is -2.92. The van der Waals surface area contributed by atoms with E-state index in [1.54, 1.807) is 61.5 Å². The number of halogens is 2. The van der Waals surface area contributed by atoms with Gasteiger partial charge in [0.15, 0.2) is 0 Å². The zero-order chi connectivity index (χ0) is 32.6. The van der Waals surface area contributed by atoms with Gasteiger partial charge in [0, 0.05) is 17.5 Å². The Balaban J connectivity index is 1.69. The number of ether oxygens (including phenoxy) is 1. The van der Waals surface area contributed by atoms with Crippen molar-refractivity contribution in [2.45, 2.75) is 74.4 Å². The third-order valence-electron chi connectivity index (χ3n) is 7.82. The van der Waals surface area contributed by atoms with Crippen molar-refractivity contribution in [1.29, 1.82) is 0 Å². The van der Waals surface area contributed by atoms with Crippen LogP contribution in [0.4, 0.5) is 5.69 Å². The lowest BCUT2D eigenvalue weighted by atomic mass is 9.95. The minimum Gasteiger partial charge on any atom is -0.494 e. The lowest BCUT2D eigenvalue weighted by Crippen LogP contribution is -2.53. The molecule has 3 aromatic rings. The van der Waals surface area contributed by atoms with E-state index >= 15 is 0 Å². The van der Waals surface area contributed by atoms with Gasteiger partial charge in [-0.3, -0.25) is 13.9 Å². The van der Waals surface area contributed by atoms with Crippen LogP contribution >= 0.6 is 35.0 Å². The van der Waals surface area contributed by atoms with E-state index in [0.29, 0.717) is 28.0 Å². The van der Waals surface area contributed by atoms with Gasteiger partial charge in [-0.15, -0.1) is 11.8 Å². The van der Waals surface area contributed by atoms with Gasteiger partial charge in [-0.2, -0.15) is 0 Å². The number of carbonyl (C=O) groups excluding carboxylic acids is 2. The second-order valence-electron chi connectivity index (χ2n) is 10.9. The van der Waals surface area contributed by atoms with Crippen LogP contribution in [-0.4, -0.2) is 56.6 Å². The minimum absolute atomic E-state index is 0.0224. The molecule has 1 atom stereocenters. The molecule has 0 aromatic heterocycles. The number of nitrogens with one attached hydrogen (secondary N) is 1. The number of hydrogen-bond donors (Lipinski definition) is 1. The van der Waals surface area contributed by atoms with Crippen LogP contribution in [0, 0.1) is 0 Å². The van der Waals surface area contributed by atoms with Crippen LogP contribution in [0.5, 0.6) is 5.75 Å². The number of rotatable bonds is 13. The fourth-order valence-corrected chi connectivity index (χ4v) is 7.41. The summed E-state index contributed by atoms with van der Waals surface area (Å²) in [7, 11) is -4.19. The van der Waals surface area contributed by atoms with Crippen molar-refractivity contribution >= 4 is 62.5 Å². The third-order valence-corrected chi connectivity index (χ3v) is 11.1. The first-order valence-corrected chi connectivity index (χ1v) is 18.4. The Morgan fingerprint density at radius 3 is 2.24 bits per heavy atom. The number of hydrogen-bond acceptors (Lipinski definition) is 6. The van der Waals surface area contributed by atoms with Gasteiger partial charge in [0.2, 0.25) is 11.8 Å². The molecule has 3 aromatic carbocycles. The average molecular weight is 693 g/mol. The fraction of sp³-hybridized carbons (Fsp3) is 0.394. The molecule has 0 aliphatic heterocycles. The molecular weight excluding hydrogens is 653 g/mol. The smallest absolute Gasteiger partial charge is 0.264 e. The van der Waals surface area contributed by atoms with Crippen LogP contribution in [0.15, 0.2) is 76.5 Å². The molecule has 1 saturated carbocycles. The second kappa shape index (κ2) is 16.1. The molecular formula is C33H39Cl2N3O5S2. The van der Waals surface area contributed by atoms with E-state index in [1.165, 1.54) is 28.8 Å². The highest BCUT2D eigenvalue weighted by Gasteiger charge is 2.33. The Morgan fingerprint density at radius 1 is 0.978 bits per heavy atom. The summed E-state index contributed by atoms with van der Waals surface area (Å²) < 4.78 is 34.9. The molecule has 12 heteroatoms. The molecule has 2 amide bonds. The Labute approximate surface area is 280 Å². The predicted molar refractivity (Wildman–Crippen MR) is 182 cm³/mol. The summed E-state index contributed by atoms with van der Waals surface area (Å²) in [5, 5.41) is 3.78. The van der Waals surface area contributed by atoms with Crippen LogP contribution in [0.3, 0.4) is 0 Å². The Morgan fingerprint density at radius 2 is 1.64 bits per heavy atom. The molecule has 0 radical (unpaired) electrons. The number of nitrogens with zero attached hydrogens (tertiary/aromatic N) is 2. The molecule has 0 spiro atoms. The topological polar surface area (TPSA) is 96.0 Å². The van der Waals surface area contributed by atoms with E-state index < -0.39 is 28.5 Å². The lowest BCUT2D eigenvalue weighted by Gasteiger charge is -2.33. The number of amides is 2. The summed E-state index contributed by atoms with van der Waals surface area (Å²) in [5.41, 5.74) is 0.938. The lowest BCUT2D eigenvalue weighted by molar-refractivity contribution is -0.139. The van der Waals surface area contributed by atoms with Crippen LogP contribution in [0.1, 0.15) is 51.5 Å². The number of sulfonamides is 1. The highest BCUT2D eigenvalue weighted by molar-refractivity contribution is 7.98. The molecule has 0 bridgehead atoms. The van der Waals surface area contributed by atoms with Gasteiger partial charge in [-0.05, 0) is 99.2 Å². The molecule has 1 aliphatic rings. The molecule has 0 saturated heterocycles. The van der Waals surface area contributed by atoms with E-state index in [4.69, 9.17) is 27.9 Å². The van der Waals surface area contributed by atoms with Crippen molar-refractivity contribution < 1.29 is 22.7 Å². The third kappa shape index (κ3) is 9.09. The quantitative estimate of drug-likeness (QED) is 0.191. The maximum atomic E-state index is 14.2. The fourth-order valence-electron chi connectivity index (χ4n) is 5.26. The summed E-state index contributed by atoms with van der Waals surface area (Å²) in [4.78, 5) is 30.1. The van der Waals surface area contributed by atoms with Crippen molar-refractivity contribution in [1.82, 2.24) is 10.2 Å². The van der Waals surface area contributed by atoms with Gasteiger partial charge >= 0.3 is 0 Å². The van der Waals surface area contributed by atoms with Gasteiger partial charge < -0.3 is 15.0 Å². The normalized spacial score (nSPS) is 14.4. The number of thioether (sulfide) groups is 1. The summed E-state index contributed by atoms with van der Waals surface area (Å²) in [6.45, 7) is 3.45. The van der Waals surface area contributed by atoms with Crippen molar-refractivity contribution in [3.63, 3.8) is 0 Å². The van der Waals surface area contributed by atoms with Gasteiger partial charge in [-0.25, -0.2) is 8.42 Å². The Kier molecular flexibility index (Phi) is 12.5. The molecule has 0 heterocycles. The number of carbonyl (C=O) groups is 2. The molecule has 1 aliphatic carbocycles. The standard InChI is InChI=1S/C33H39Cl2N3O5S2/c1-4-43-27-13-11-26(12-14-27)38(45(41,42)29-17-15-28(44-3)16-18-29)22-32(39)37(21-24-10-19-30(34)31(35)20-24)23(2)33(40)36-25-8-6-5-7-9-25/h10-20,23,25H,4-9,21-22H2,1-3H3,(H,36,40)/t23-/m1/s1. The van der Waals surface area contributed by atoms with Crippen molar-refractivity contribution in [2.75, 3.05) is 23.7 Å². The van der Waals surface area contributed by atoms with Gasteiger partial charge in [-0.1, -0.05) is 48.5 Å². The molecule has 0 unspecified atom stereocenters. The van der Waals surface area contributed by atoms with Crippen molar-refractivity contribution in [2.24, 2.45) is 0 Å². The number of anilines is 1. The zero-order valence-corrected chi connectivity index (χ0v) is 28.8. The first-order chi connectivity index (χ1) is 21.5. The Bertz CT molecular complexity index is 1560. The van der Waals surface area contributed by atoms with Crippen LogP contribution < -0.4 is 14.4 Å². The van der Waals surface area contributed by atoms with Gasteiger partial charge in [0.25, 0.3) is 10.0 Å². The van der Waals surface area contributed by atoms with E-state index in [2.05, 4.69) is 5.32 Å². The minimum atomic E-state index is -4.19. The van der Waals surface area contributed by atoms with E-state index in [9.17, 15) is 18.0 Å². The monoisotopic (exact) mass is 691 g/mol. The SMILES string of the molecule is CCOc1ccc(N(CC(=O)N(Cc2ccc(Cl)c(Cl)c2)[C@H](C)C(=O)NC2CCCCC2)S(=O)(=O)c2ccc(SC)cc2)cc1. The molecule has 1 fully saturated rings. The van der Waals surface area contributed by atoms with E-state index in [1.807, 2.05) is 13.2 Å². The molecule has 45 heavy (non-hydrogen) atoms. The van der Waals surface area contributed by atoms with Crippen LogP contribution in [0.25, 0.3) is 0 Å². The van der Waals surface area contributed by atoms with E-state index in [0.717, 1.165) is 41.3 Å². The first kappa shape index (κ1) is 34.9. The largest absolute Gasteiger partial charge is 0.494 e. The molecule has 1 N–H and O–H groups in total. The average Bonchev–Trinajstić information content (AvgIpc) is 3.04. The molecule has 8 nitrogen and oxygen atoms in total. The van der Waals surface area contributed by atoms with Crippen LogP contribution in [-0.2, 0) is 26.2 Å². The summed E-state index contributed by atoms with van der Waals surface area (Å²) in [6, 6.07) is 17.2. The maximum Gasteiger partial charge on any atom is 0.264 e. The summed E-state index contributed by atoms with van der Waals surface area (Å²) in [5.74, 6) is -0.271. The molecule has 242 valence electrons. The number of benzene rings is 3. The summed E-state index contributed by atoms with van der Waals surface area (Å²) in [6.07, 6.45) is 6.90. The summed E-state index contributed by atoms with van der Waals surface area (Å²) >= 11 is 13.9. The molecule has 4 rings (SSSR count). The second-order valence-corrected chi connectivity index (χ2v) is 14.5. The zero-order valence-electron chi connectivity index (χ0n) is 25.7. The maximum absolute atomic E-state index is 14.2. The highest BCUT2D eigenvalue weighted by Crippen LogP contribution is 2.29. The van der Waals surface area contributed by atoms with Gasteiger partial charge in [0.05, 0.1) is 27.2 Å².